The number of amides is 1. The average molecular weight is 287 g/mol. The zero-order chi connectivity index (χ0) is 14.7. The Morgan fingerprint density at radius 3 is 3.05 bits per heavy atom. The summed E-state index contributed by atoms with van der Waals surface area (Å²) in [5, 5.41) is 9.80. The number of unbranched alkanes of at least 4 members (excludes halogenated alkanes) is 1. The maximum absolute atomic E-state index is 11.9. The van der Waals surface area contributed by atoms with Crippen molar-refractivity contribution in [1.29, 1.82) is 0 Å². The molecular formula is C15H17N3O3. The normalized spacial score (nSPS) is 12.4. The first kappa shape index (κ1) is 13.5. The number of ether oxygens (including phenoxy) is 2. The van der Waals surface area contributed by atoms with Crippen LogP contribution in [0, 0.1) is 0 Å². The van der Waals surface area contributed by atoms with Gasteiger partial charge in [-0.05, 0) is 30.7 Å². The third-order valence-corrected chi connectivity index (χ3v) is 3.31. The molecule has 2 aromatic rings. The summed E-state index contributed by atoms with van der Waals surface area (Å²) in [6.45, 7) is 3.00. The third-order valence-electron chi connectivity index (χ3n) is 3.31. The predicted molar refractivity (Wildman–Crippen MR) is 77.4 cm³/mol. The summed E-state index contributed by atoms with van der Waals surface area (Å²) in [4.78, 5) is 11.9. The summed E-state index contributed by atoms with van der Waals surface area (Å²) in [5.41, 5.74) is 2.04. The highest BCUT2D eigenvalue weighted by Gasteiger charge is 2.16. The van der Waals surface area contributed by atoms with Gasteiger partial charge in [0.25, 0.3) is 5.91 Å². The van der Waals surface area contributed by atoms with E-state index in [-0.39, 0.29) is 12.7 Å². The number of hydrogen-bond acceptors (Lipinski definition) is 4. The van der Waals surface area contributed by atoms with E-state index in [4.69, 9.17) is 9.47 Å². The molecule has 0 saturated carbocycles. The zero-order valence-corrected chi connectivity index (χ0v) is 11.8. The van der Waals surface area contributed by atoms with Crippen molar-refractivity contribution in [3.05, 3.63) is 30.0 Å². The minimum Gasteiger partial charge on any atom is -0.454 e. The summed E-state index contributed by atoms with van der Waals surface area (Å²) in [7, 11) is 0. The molecule has 6 nitrogen and oxygen atoms in total. The lowest BCUT2D eigenvalue weighted by Gasteiger charge is -2.00. The Labute approximate surface area is 122 Å². The van der Waals surface area contributed by atoms with E-state index >= 15 is 0 Å². The van der Waals surface area contributed by atoms with E-state index in [1.54, 1.807) is 6.07 Å². The molecule has 2 N–H and O–H groups in total. The van der Waals surface area contributed by atoms with Gasteiger partial charge in [0.1, 0.15) is 5.69 Å². The number of rotatable bonds is 5. The van der Waals surface area contributed by atoms with Gasteiger partial charge in [0.05, 0.1) is 5.69 Å². The zero-order valence-electron chi connectivity index (χ0n) is 11.8. The molecule has 1 aliphatic rings. The monoisotopic (exact) mass is 287 g/mol. The molecule has 0 fully saturated rings. The van der Waals surface area contributed by atoms with Crippen LogP contribution in [-0.2, 0) is 0 Å². The second-order valence-corrected chi connectivity index (χ2v) is 4.84. The number of nitrogens with one attached hydrogen (secondary N) is 2. The van der Waals surface area contributed by atoms with E-state index in [9.17, 15) is 4.79 Å². The molecule has 3 rings (SSSR count). The Kier molecular flexibility index (Phi) is 3.77. The first-order chi connectivity index (χ1) is 10.3. The summed E-state index contributed by atoms with van der Waals surface area (Å²) in [6.07, 6.45) is 2.01. The SMILES string of the molecule is CCCCNC(=O)c1cc(-c2ccc3c(c2)OCO3)n[nH]1. The number of hydrogen-bond donors (Lipinski definition) is 2. The molecule has 0 aliphatic carbocycles. The van der Waals surface area contributed by atoms with E-state index < -0.39 is 0 Å². The van der Waals surface area contributed by atoms with Crippen LogP contribution in [0.4, 0.5) is 0 Å². The summed E-state index contributed by atoms with van der Waals surface area (Å²) in [5.74, 6) is 1.29. The molecule has 1 aromatic carbocycles. The Morgan fingerprint density at radius 2 is 2.19 bits per heavy atom. The van der Waals surface area contributed by atoms with Gasteiger partial charge in [0.15, 0.2) is 11.5 Å². The minimum atomic E-state index is -0.136. The van der Waals surface area contributed by atoms with Gasteiger partial charge >= 0.3 is 0 Å². The van der Waals surface area contributed by atoms with Crippen LogP contribution >= 0.6 is 0 Å². The molecule has 6 heteroatoms. The van der Waals surface area contributed by atoms with Crippen LogP contribution in [0.2, 0.25) is 0 Å². The lowest BCUT2D eigenvalue weighted by atomic mass is 10.1. The number of aromatic amines is 1. The van der Waals surface area contributed by atoms with Crippen molar-refractivity contribution in [2.45, 2.75) is 19.8 Å². The highest BCUT2D eigenvalue weighted by molar-refractivity contribution is 5.93. The van der Waals surface area contributed by atoms with Crippen molar-refractivity contribution in [1.82, 2.24) is 15.5 Å². The highest BCUT2D eigenvalue weighted by atomic mass is 16.7. The van der Waals surface area contributed by atoms with Gasteiger partial charge in [-0.3, -0.25) is 9.89 Å². The number of nitrogens with zero attached hydrogens (tertiary/aromatic N) is 1. The molecule has 0 saturated heterocycles. The Hall–Kier alpha value is -2.50. The fraction of sp³-hybridized carbons (Fsp3) is 0.333. The van der Waals surface area contributed by atoms with Crippen molar-refractivity contribution >= 4 is 5.91 Å². The van der Waals surface area contributed by atoms with Crippen molar-refractivity contribution in [3.63, 3.8) is 0 Å². The van der Waals surface area contributed by atoms with Gasteiger partial charge in [-0.15, -0.1) is 0 Å². The molecule has 0 unspecified atom stereocenters. The summed E-state index contributed by atoms with van der Waals surface area (Å²) >= 11 is 0. The van der Waals surface area contributed by atoms with Crippen LogP contribution in [-0.4, -0.2) is 29.4 Å². The van der Waals surface area contributed by atoms with Crippen LogP contribution in [0.3, 0.4) is 0 Å². The molecule has 1 aliphatic heterocycles. The molecule has 21 heavy (non-hydrogen) atoms. The van der Waals surface area contributed by atoms with Gasteiger partial charge in [0.2, 0.25) is 6.79 Å². The standard InChI is InChI=1S/C15H17N3O3/c1-2-3-6-16-15(19)12-8-11(17-18-12)10-4-5-13-14(7-10)21-9-20-13/h4-5,7-8H,2-3,6,9H2,1H3,(H,16,19)(H,17,18). The van der Waals surface area contributed by atoms with Gasteiger partial charge in [0, 0.05) is 12.1 Å². The van der Waals surface area contributed by atoms with Crippen LogP contribution in [0.25, 0.3) is 11.3 Å². The van der Waals surface area contributed by atoms with Crippen molar-refractivity contribution in [2.75, 3.05) is 13.3 Å². The highest BCUT2D eigenvalue weighted by Crippen LogP contribution is 2.35. The third kappa shape index (κ3) is 2.84. The largest absolute Gasteiger partial charge is 0.454 e. The maximum Gasteiger partial charge on any atom is 0.269 e. The topological polar surface area (TPSA) is 76.2 Å². The second kappa shape index (κ2) is 5.87. The van der Waals surface area contributed by atoms with Gasteiger partial charge in [-0.1, -0.05) is 13.3 Å². The lowest BCUT2D eigenvalue weighted by molar-refractivity contribution is 0.0948. The Morgan fingerprint density at radius 1 is 1.33 bits per heavy atom. The quantitative estimate of drug-likeness (QED) is 0.828. The molecule has 0 radical (unpaired) electrons. The fourth-order valence-electron chi connectivity index (χ4n) is 2.12. The molecule has 2 heterocycles. The van der Waals surface area contributed by atoms with E-state index in [1.165, 1.54) is 0 Å². The van der Waals surface area contributed by atoms with Gasteiger partial charge < -0.3 is 14.8 Å². The van der Waals surface area contributed by atoms with E-state index in [1.807, 2.05) is 18.2 Å². The maximum atomic E-state index is 11.9. The average Bonchev–Trinajstić information content (AvgIpc) is 3.15. The number of carbonyl (C=O) groups is 1. The Bertz CT molecular complexity index is 651. The smallest absolute Gasteiger partial charge is 0.269 e. The van der Waals surface area contributed by atoms with Crippen LogP contribution < -0.4 is 14.8 Å². The number of carbonyl (C=O) groups excluding carboxylic acids is 1. The molecule has 1 aromatic heterocycles. The molecular weight excluding hydrogens is 270 g/mol. The van der Waals surface area contributed by atoms with Crippen LogP contribution in [0.15, 0.2) is 24.3 Å². The number of benzene rings is 1. The predicted octanol–water partition coefficient (Wildman–Crippen LogP) is 2.34. The van der Waals surface area contributed by atoms with Crippen molar-refractivity contribution < 1.29 is 14.3 Å². The Balaban J connectivity index is 1.74. The first-order valence-corrected chi connectivity index (χ1v) is 7.01. The van der Waals surface area contributed by atoms with Crippen LogP contribution in [0.5, 0.6) is 11.5 Å². The lowest BCUT2D eigenvalue weighted by Crippen LogP contribution is -2.24. The molecule has 110 valence electrons. The second-order valence-electron chi connectivity index (χ2n) is 4.84. The molecule has 0 bridgehead atoms. The summed E-state index contributed by atoms with van der Waals surface area (Å²) < 4.78 is 10.6. The van der Waals surface area contributed by atoms with Crippen molar-refractivity contribution in [2.24, 2.45) is 0 Å². The van der Waals surface area contributed by atoms with E-state index in [0.29, 0.717) is 23.7 Å². The van der Waals surface area contributed by atoms with E-state index in [2.05, 4.69) is 22.4 Å². The first-order valence-electron chi connectivity index (χ1n) is 7.01. The van der Waals surface area contributed by atoms with Crippen LogP contribution in [0.1, 0.15) is 30.3 Å². The number of fused-ring (bicyclic) bond motifs is 1. The van der Waals surface area contributed by atoms with E-state index in [0.717, 1.165) is 24.2 Å². The minimum absolute atomic E-state index is 0.136. The van der Waals surface area contributed by atoms with Gasteiger partial charge in [-0.2, -0.15) is 5.10 Å². The fourth-order valence-corrected chi connectivity index (χ4v) is 2.12. The number of aromatic nitrogens is 2. The molecule has 1 amide bonds. The summed E-state index contributed by atoms with van der Waals surface area (Å²) in [6, 6.07) is 7.33. The molecule has 0 spiro atoms. The van der Waals surface area contributed by atoms with Gasteiger partial charge in [-0.25, -0.2) is 0 Å². The number of H-pyrrole nitrogens is 1. The molecule has 0 atom stereocenters. The van der Waals surface area contributed by atoms with Crippen molar-refractivity contribution in [3.8, 4) is 22.8 Å².